The first-order valence-electron chi connectivity index (χ1n) is 2.98. The zero-order chi connectivity index (χ0) is 7.40. The Labute approximate surface area is 59.0 Å². The summed E-state index contributed by atoms with van der Waals surface area (Å²) >= 11 is 0. The summed E-state index contributed by atoms with van der Waals surface area (Å²) < 4.78 is 0. The van der Waals surface area contributed by atoms with Crippen LogP contribution in [0.5, 0.6) is 0 Å². The van der Waals surface area contributed by atoms with E-state index < -0.39 is 0 Å². The van der Waals surface area contributed by atoms with Gasteiger partial charge < -0.3 is 5.11 Å². The highest BCUT2D eigenvalue weighted by Crippen LogP contribution is 2.01. The number of aliphatic hydroxyl groups excluding tert-OH is 1. The van der Waals surface area contributed by atoms with Gasteiger partial charge in [0.25, 0.3) is 0 Å². The first kappa shape index (κ1) is 7.18. The van der Waals surface area contributed by atoms with Gasteiger partial charge in [0.15, 0.2) is 0 Å². The van der Waals surface area contributed by atoms with E-state index in [1.54, 1.807) is 12.3 Å². The summed E-state index contributed by atoms with van der Waals surface area (Å²) in [4.78, 5) is 3.77. The van der Waals surface area contributed by atoms with E-state index in [0.717, 1.165) is 0 Å². The van der Waals surface area contributed by atoms with Gasteiger partial charge in [-0.1, -0.05) is 0 Å². The molecule has 1 N–H and O–H groups in total. The quantitative estimate of drug-likeness (QED) is 0.647. The molecule has 0 bridgehead atoms. The molecule has 3 nitrogen and oxygen atoms in total. The third kappa shape index (κ3) is 1.52. The molecule has 1 radical (unpaired) electrons. The first-order chi connectivity index (χ1) is 4.86. The van der Waals surface area contributed by atoms with Crippen molar-refractivity contribution in [2.24, 2.45) is 0 Å². The van der Waals surface area contributed by atoms with Crippen LogP contribution in [-0.4, -0.2) is 10.1 Å². The molecule has 0 aliphatic rings. The lowest BCUT2D eigenvalue weighted by Crippen LogP contribution is -1.88. The van der Waals surface area contributed by atoms with Crippen LogP contribution in [-0.2, 0) is 18.3 Å². The van der Waals surface area contributed by atoms with Crippen molar-refractivity contribution in [2.75, 3.05) is 0 Å². The molecule has 1 heterocycles. The summed E-state index contributed by atoms with van der Waals surface area (Å²) in [5.41, 5.74) is 1.31. The zero-order valence-corrected chi connectivity index (χ0v) is 5.45. The van der Waals surface area contributed by atoms with Crippen molar-refractivity contribution in [2.45, 2.75) is 13.2 Å². The number of pyridine rings is 1. The second-order valence-electron chi connectivity index (χ2n) is 2.00. The molecule has 1 aromatic heterocycles. The topological polar surface area (TPSA) is 53.0 Å². The summed E-state index contributed by atoms with van der Waals surface area (Å²) in [6.45, 7) is -0.332. The Morgan fingerprint density at radius 2 is 2.10 bits per heavy atom. The predicted octanol–water partition coefficient (Wildman–Crippen LogP) is 0.504. The normalized spacial score (nSPS) is 9.80. The van der Waals surface area contributed by atoms with E-state index in [4.69, 9.17) is 5.11 Å². The molecule has 0 spiro atoms. The van der Waals surface area contributed by atoms with Crippen molar-refractivity contribution in [1.29, 1.82) is 0 Å². The highest BCUT2D eigenvalue weighted by atomic mass is 16.3. The van der Waals surface area contributed by atoms with E-state index in [-0.39, 0.29) is 13.2 Å². The average Bonchev–Trinajstić information content (AvgIpc) is 2.05. The van der Waals surface area contributed by atoms with Crippen LogP contribution in [0, 0.1) is 0 Å². The Kier molecular flexibility index (Phi) is 2.36. The molecule has 53 valence electrons. The molecule has 0 unspecified atom stereocenters. The Bertz CT molecular complexity index is 193. The van der Waals surface area contributed by atoms with Gasteiger partial charge in [-0.25, -0.2) is 5.11 Å². The van der Waals surface area contributed by atoms with Crippen molar-refractivity contribution in [3.05, 3.63) is 29.6 Å². The summed E-state index contributed by atoms with van der Waals surface area (Å²) in [7, 11) is 0. The maximum absolute atomic E-state index is 10.3. The number of hydrogen-bond donors (Lipinski definition) is 1. The fourth-order valence-electron chi connectivity index (χ4n) is 0.707. The number of rotatable bonds is 2. The van der Waals surface area contributed by atoms with Gasteiger partial charge in [-0.15, -0.1) is 0 Å². The van der Waals surface area contributed by atoms with Gasteiger partial charge in [-0.3, -0.25) is 4.98 Å². The number of aromatic nitrogens is 1. The summed E-state index contributed by atoms with van der Waals surface area (Å²) in [5.74, 6) is 0. The van der Waals surface area contributed by atoms with Crippen molar-refractivity contribution in [3.63, 3.8) is 0 Å². The van der Waals surface area contributed by atoms with Crippen molar-refractivity contribution in [1.82, 2.24) is 4.98 Å². The Morgan fingerprint density at radius 1 is 1.40 bits per heavy atom. The molecule has 0 aliphatic heterocycles. The third-order valence-electron chi connectivity index (χ3n) is 1.20. The molecule has 0 saturated carbocycles. The maximum Gasteiger partial charge on any atom is 0.109 e. The second-order valence-corrected chi connectivity index (χ2v) is 2.00. The van der Waals surface area contributed by atoms with E-state index in [0.29, 0.717) is 11.1 Å². The second kappa shape index (κ2) is 3.29. The van der Waals surface area contributed by atoms with Crippen LogP contribution in [0.3, 0.4) is 0 Å². The Morgan fingerprint density at radius 3 is 2.70 bits per heavy atom. The lowest BCUT2D eigenvalue weighted by molar-refractivity contribution is 0.177. The van der Waals surface area contributed by atoms with Gasteiger partial charge in [-0.05, 0) is 17.2 Å². The van der Waals surface area contributed by atoms with Crippen LogP contribution in [0.1, 0.15) is 11.1 Å². The monoisotopic (exact) mass is 138 g/mol. The molecule has 0 aliphatic carbocycles. The van der Waals surface area contributed by atoms with Gasteiger partial charge >= 0.3 is 0 Å². The summed E-state index contributed by atoms with van der Waals surface area (Å²) in [5, 5.41) is 18.9. The van der Waals surface area contributed by atoms with Gasteiger partial charge in [0.1, 0.15) is 6.61 Å². The van der Waals surface area contributed by atoms with Crippen molar-refractivity contribution < 1.29 is 10.2 Å². The molecule has 10 heavy (non-hydrogen) atoms. The van der Waals surface area contributed by atoms with Crippen LogP contribution < -0.4 is 0 Å². The van der Waals surface area contributed by atoms with Gasteiger partial charge in [0, 0.05) is 12.4 Å². The van der Waals surface area contributed by atoms with Crippen LogP contribution in [0.25, 0.3) is 0 Å². The molecule has 0 atom stereocenters. The van der Waals surface area contributed by atoms with E-state index >= 15 is 0 Å². The predicted molar refractivity (Wildman–Crippen MR) is 34.6 cm³/mol. The fraction of sp³-hybridized carbons (Fsp3) is 0.286. The number of hydrogen-bond acceptors (Lipinski definition) is 2. The minimum Gasteiger partial charge on any atom is -0.392 e. The molecule has 3 heteroatoms. The molecular formula is C7H8NO2. The molecule has 1 aromatic rings. The van der Waals surface area contributed by atoms with Gasteiger partial charge in [0.05, 0.1) is 6.61 Å². The van der Waals surface area contributed by atoms with Crippen molar-refractivity contribution in [3.8, 4) is 0 Å². The lowest BCUT2D eigenvalue weighted by Gasteiger charge is -1.95. The molecule has 0 fully saturated rings. The molecule has 1 rings (SSSR count). The van der Waals surface area contributed by atoms with Crippen LogP contribution in [0.2, 0.25) is 0 Å². The zero-order valence-electron chi connectivity index (χ0n) is 5.45. The van der Waals surface area contributed by atoms with E-state index in [9.17, 15) is 5.11 Å². The lowest BCUT2D eigenvalue weighted by atomic mass is 10.2. The SMILES string of the molecule is [O]Cc1cncc(CO)c1. The minimum atomic E-state index is -0.277. The van der Waals surface area contributed by atoms with Crippen LogP contribution in [0.4, 0.5) is 0 Å². The molecular weight excluding hydrogens is 130 g/mol. The van der Waals surface area contributed by atoms with E-state index in [1.807, 2.05) is 0 Å². The molecule has 0 aromatic carbocycles. The highest BCUT2D eigenvalue weighted by molar-refractivity contribution is 5.16. The van der Waals surface area contributed by atoms with Crippen molar-refractivity contribution >= 4 is 0 Å². The highest BCUT2D eigenvalue weighted by Gasteiger charge is 1.93. The molecule has 0 saturated heterocycles. The summed E-state index contributed by atoms with van der Waals surface area (Å²) in [6.07, 6.45) is 3.05. The standard InChI is InChI=1S/C7H8NO2/c9-4-6-1-7(5-10)3-8-2-6/h1-3,9H,4-5H2. The van der Waals surface area contributed by atoms with Crippen LogP contribution in [0.15, 0.2) is 18.5 Å². The third-order valence-corrected chi connectivity index (χ3v) is 1.20. The largest absolute Gasteiger partial charge is 0.392 e. The average molecular weight is 138 g/mol. The Hall–Kier alpha value is -0.930. The Balaban J connectivity index is 2.87. The first-order valence-corrected chi connectivity index (χ1v) is 2.98. The van der Waals surface area contributed by atoms with Crippen LogP contribution >= 0.6 is 0 Å². The summed E-state index contributed by atoms with van der Waals surface area (Å²) in [6, 6.07) is 1.65. The van der Waals surface area contributed by atoms with Gasteiger partial charge in [0.2, 0.25) is 0 Å². The maximum atomic E-state index is 10.3. The van der Waals surface area contributed by atoms with Gasteiger partial charge in [-0.2, -0.15) is 0 Å². The molecule has 0 amide bonds. The smallest absolute Gasteiger partial charge is 0.109 e. The minimum absolute atomic E-state index is 0.0547. The number of nitrogens with zero attached hydrogens (tertiary/aromatic N) is 1. The number of aliphatic hydroxyl groups is 1. The van der Waals surface area contributed by atoms with E-state index in [1.165, 1.54) is 6.20 Å². The fourth-order valence-corrected chi connectivity index (χ4v) is 0.707. The van der Waals surface area contributed by atoms with E-state index in [2.05, 4.69) is 4.98 Å².